The highest BCUT2D eigenvalue weighted by molar-refractivity contribution is 7.97. The van der Waals surface area contributed by atoms with Crippen LogP contribution in [0.1, 0.15) is 20.8 Å². The molecule has 5 heteroatoms. The lowest BCUT2D eigenvalue weighted by Gasteiger charge is -2.40. The van der Waals surface area contributed by atoms with Crippen LogP contribution in [0.15, 0.2) is 18.3 Å². The first-order valence-electron chi connectivity index (χ1n) is 6.87. The number of ether oxygens (including phenoxy) is 1. The summed E-state index contributed by atoms with van der Waals surface area (Å²) in [6.07, 6.45) is 1.80. The van der Waals surface area contributed by atoms with E-state index >= 15 is 0 Å². The maximum absolute atomic E-state index is 5.37. The molecule has 1 fully saturated rings. The van der Waals surface area contributed by atoms with Gasteiger partial charge in [0.05, 0.1) is 18.1 Å². The van der Waals surface area contributed by atoms with E-state index in [4.69, 9.17) is 4.74 Å². The number of anilines is 1. The van der Waals surface area contributed by atoms with Gasteiger partial charge in [-0.25, -0.2) is 4.98 Å². The van der Waals surface area contributed by atoms with Crippen LogP contribution in [0.5, 0.6) is 5.75 Å². The highest BCUT2D eigenvalue weighted by atomic mass is 32.2. The summed E-state index contributed by atoms with van der Waals surface area (Å²) in [6, 6.07) is 4.01. The van der Waals surface area contributed by atoms with Gasteiger partial charge >= 0.3 is 0 Å². The van der Waals surface area contributed by atoms with Crippen LogP contribution in [-0.2, 0) is 0 Å². The summed E-state index contributed by atoms with van der Waals surface area (Å²) in [5.41, 5.74) is 0. The lowest BCUT2D eigenvalue weighted by atomic mass is 10.2. The van der Waals surface area contributed by atoms with Gasteiger partial charge in [-0.1, -0.05) is 25.8 Å². The van der Waals surface area contributed by atoms with Crippen molar-refractivity contribution in [3.05, 3.63) is 18.3 Å². The Morgan fingerprint density at radius 3 is 2.53 bits per heavy atom. The zero-order valence-corrected chi connectivity index (χ0v) is 13.4. The van der Waals surface area contributed by atoms with E-state index in [0.29, 0.717) is 11.9 Å². The number of hydrogen-bond donors (Lipinski definition) is 0. The minimum absolute atomic E-state index is 0.687. The Morgan fingerprint density at radius 1 is 1.37 bits per heavy atom. The quantitative estimate of drug-likeness (QED) is 0.775. The van der Waals surface area contributed by atoms with Gasteiger partial charge in [-0.2, -0.15) is 0 Å². The van der Waals surface area contributed by atoms with Crippen molar-refractivity contribution < 1.29 is 4.74 Å². The summed E-state index contributed by atoms with van der Waals surface area (Å²) in [4.78, 5) is 6.70. The molecule has 0 bridgehead atoms. The fourth-order valence-corrected chi connectivity index (χ4v) is 2.89. The van der Waals surface area contributed by atoms with Crippen LogP contribution in [0.4, 0.5) is 5.82 Å². The molecule has 1 aliphatic rings. The zero-order chi connectivity index (χ0) is 14.3. The third kappa shape index (κ3) is 4.91. The van der Waals surface area contributed by atoms with Gasteiger partial charge in [0.15, 0.2) is 0 Å². The number of hydrogen-bond acceptors (Lipinski definition) is 5. The average Bonchev–Trinajstić information content (AvgIpc) is 2.37. The van der Waals surface area contributed by atoms with E-state index < -0.39 is 0 Å². The Balaban J connectivity index is 0.000000861. The summed E-state index contributed by atoms with van der Waals surface area (Å²) in [5, 5.41) is 0.693. The molecule has 19 heavy (non-hydrogen) atoms. The van der Waals surface area contributed by atoms with Crippen LogP contribution < -0.4 is 9.64 Å². The van der Waals surface area contributed by atoms with Gasteiger partial charge in [-0.15, -0.1) is 0 Å². The smallest absolute Gasteiger partial charge is 0.137 e. The van der Waals surface area contributed by atoms with Gasteiger partial charge < -0.3 is 9.64 Å². The highest BCUT2D eigenvalue weighted by Gasteiger charge is 2.28. The minimum Gasteiger partial charge on any atom is -0.492 e. The fourth-order valence-electron chi connectivity index (χ4n) is 1.80. The molecular formula is C14H25N3OS. The highest BCUT2D eigenvalue weighted by Crippen LogP contribution is 2.28. The monoisotopic (exact) mass is 283 g/mol. The summed E-state index contributed by atoms with van der Waals surface area (Å²) >= 11 is 1.89. The van der Waals surface area contributed by atoms with Crippen LogP contribution in [0, 0.1) is 0 Å². The molecule has 4 nitrogen and oxygen atoms in total. The van der Waals surface area contributed by atoms with Crippen LogP contribution in [-0.4, -0.2) is 48.3 Å². The molecule has 1 aromatic rings. The molecule has 0 aromatic carbocycles. The number of rotatable bonds is 5. The maximum atomic E-state index is 5.37. The lowest BCUT2D eigenvalue weighted by Crippen LogP contribution is -2.50. The normalized spacial score (nSPS) is 14.7. The topological polar surface area (TPSA) is 28.6 Å². The standard InChI is InChI=1S/C12H19N3OS.C2H6/c1-4-16-10-5-6-12(13-7-10)15-8-11(9-15)17-14(2)3;1-2/h5-7,11H,4,8-9H2,1-3H3;1-2H3. The molecule has 0 unspecified atom stereocenters. The van der Waals surface area contributed by atoms with E-state index in [2.05, 4.69) is 28.3 Å². The van der Waals surface area contributed by atoms with Crippen molar-refractivity contribution in [3.63, 3.8) is 0 Å². The van der Waals surface area contributed by atoms with Crippen molar-refractivity contribution in [2.24, 2.45) is 0 Å². The van der Waals surface area contributed by atoms with Crippen LogP contribution in [0.3, 0.4) is 0 Å². The van der Waals surface area contributed by atoms with Gasteiger partial charge in [0, 0.05) is 13.1 Å². The van der Waals surface area contributed by atoms with E-state index in [9.17, 15) is 0 Å². The van der Waals surface area contributed by atoms with Crippen molar-refractivity contribution in [3.8, 4) is 5.75 Å². The lowest BCUT2D eigenvalue weighted by molar-refractivity contribution is 0.339. The van der Waals surface area contributed by atoms with Crippen LogP contribution >= 0.6 is 11.9 Å². The molecule has 2 heterocycles. The average molecular weight is 283 g/mol. The van der Waals surface area contributed by atoms with E-state index in [-0.39, 0.29) is 0 Å². The summed E-state index contributed by atoms with van der Waals surface area (Å²) < 4.78 is 7.53. The Labute approximate surface area is 121 Å². The Morgan fingerprint density at radius 2 is 2.05 bits per heavy atom. The Bertz CT molecular complexity index is 350. The number of nitrogens with zero attached hydrogens (tertiary/aromatic N) is 3. The largest absolute Gasteiger partial charge is 0.492 e. The van der Waals surface area contributed by atoms with Crippen molar-refractivity contribution in [2.45, 2.75) is 26.0 Å². The predicted molar refractivity (Wildman–Crippen MR) is 84.0 cm³/mol. The van der Waals surface area contributed by atoms with Gasteiger partial charge in [0.2, 0.25) is 0 Å². The second-order valence-electron chi connectivity index (χ2n) is 4.23. The maximum Gasteiger partial charge on any atom is 0.137 e. The van der Waals surface area contributed by atoms with Gasteiger partial charge in [-0.3, -0.25) is 4.31 Å². The molecule has 0 saturated carbocycles. The van der Waals surface area contributed by atoms with Gasteiger partial charge in [0.1, 0.15) is 11.6 Å². The van der Waals surface area contributed by atoms with Crippen molar-refractivity contribution in [1.29, 1.82) is 0 Å². The van der Waals surface area contributed by atoms with Crippen molar-refractivity contribution >= 4 is 17.8 Å². The number of pyridine rings is 1. The molecule has 2 rings (SSSR count). The molecule has 0 aliphatic carbocycles. The second-order valence-corrected chi connectivity index (χ2v) is 5.84. The Hall–Kier alpha value is -0.940. The molecule has 0 N–H and O–H groups in total. The molecule has 108 valence electrons. The van der Waals surface area contributed by atoms with E-state index in [1.54, 1.807) is 6.20 Å². The molecule has 0 atom stereocenters. The van der Waals surface area contributed by atoms with E-state index in [1.807, 2.05) is 44.9 Å². The van der Waals surface area contributed by atoms with E-state index in [0.717, 1.165) is 24.7 Å². The third-order valence-electron chi connectivity index (χ3n) is 2.56. The third-order valence-corrected chi connectivity index (χ3v) is 3.58. The molecule has 1 aliphatic heterocycles. The summed E-state index contributed by atoms with van der Waals surface area (Å²) in [5.74, 6) is 1.89. The van der Waals surface area contributed by atoms with Crippen molar-refractivity contribution in [1.82, 2.24) is 9.29 Å². The Kier molecular flexibility index (Phi) is 7.02. The van der Waals surface area contributed by atoms with Crippen LogP contribution in [0.25, 0.3) is 0 Å². The molecular weight excluding hydrogens is 258 g/mol. The SMILES string of the molecule is CC.CCOc1ccc(N2CC(SN(C)C)C2)nc1. The van der Waals surface area contributed by atoms with Gasteiger partial charge in [0.25, 0.3) is 0 Å². The first-order valence-corrected chi connectivity index (χ1v) is 7.70. The second kappa shape index (κ2) is 8.27. The van der Waals surface area contributed by atoms with E-state index in [1.165, 1.54) is 0 Å². The number of aromatic nitrogens is 1. The first kappa shape index (κ1) is 16.1. The van der Waals surface area contributed by atoms with Crippen molar-refractivity contribution in [2.75, 3.05) is 38.7 Å². The molecule has 0 spiro atoms. The summed E-state index contributed by atoms with van der Waals surface area (Å²) in [7, 11) is 4.17. The molecule has 0 amide bonds. The zero-order valence-electron chi connectivity index (χ0n) is 12.6. The van der Waals surface area contributed by atoms with Gasteiger partial charge in [-0.05, 0) is 33.2 Å². The molecule has 0 radical (unpaired) electrons. The predicted octanol–water partition coefficient (Wildman–Crippen LogP) is 2.90. The molecule has 1 aromatic heterocycles. The minimum atomic E-state index is 0.687. The van der Waals surface area contributed by atoms with Crippen LogP contribution in [0.2, 0.25) is 0 Å². The molecule has 1 saturated heterocycles. The summed E-state index contributed by atoms with van der Waals surface area (Å²) in [6.45, 7) is 8.81. The fraction of sp³-hybridized carbons (Fsp3) is 0.643. The first-order chi connectivity index (χ1) is 9.19.